The van der Waals surface area contributed by atoms with Crippen LogP contribution in [-0.4, -0.2) is 17.7 Å². The zero-order chi connectivity index (χ0) is 10.8. The van der Waals surface area contributed by atoms with Crippen LogP contribution in [0.1, 0.15) is 39.0 Å². The number of hydrogen-bond donors (Lipinski definition) is 0. The number of rotatable bonds is 9. The molecule has 0 aliphatic carbocycles. The van der Waals surface area contributed by atoms with Crippen LogP contribution >= 0.6 is 0 Å². The minimum atomic E-state index is -0.899. The average molecular weight is 204 g/mol. The second-order valence-corrected chi connectivity index (χ2v) is 3.13. The van der Waals surface area contributed by atoms with Crippen molar-refractivity contribution < 1.29 is 9.92 Å². The van der Waals surface area contributed by atoms with E-state index in [-0.39, 0.29) is 6.61 Å². The van der Waals surface area contributed by atoms with Gasteiger partial charge in [0.25, 0.3) is 5.09 Å². The fraction of sp³-hybridized carbons (Fsp3) is 1.00. The maximum absolute atomic E-state index is 10.2. The van der Waals surface area contributed by atoms with Crippen LogP contribution in [0.25, 0.3) is 0 Å². The molecule has 0 aliphatic heterocycles. The molecule has 0 saturated carbocycles. The van der Waals surface area contributed by atoms with Gasteiger partial charge in [0.1, 0.15) is 12.6 Å². The van der Waals surface area contributed by atoms with E-state index in [9.17, 15) is 15.0 Å². The summed E-state index contributed by atoms with van der Waals surface area (Å²) in [6.07, 6.45) is 4.69. The first kappa shape index (κ1) is 12.8. The standard InChI is InChI=1S/C8H16N2O4/c1-2-3-4-5-6-8(9-11)7-14-10(12)13/h8H,2-7H2,1H3. The van der Waals surface area contributed by atoms with Crippen molar-refractivity contribution in [2.75, 3.05) is 6.61 Å². The lowest BCUT2D eigenvalue weighted by Crippen LogP contribution is -2.15. The molecule has 0 amide bonds. The molecule has 1 unspecified atom stereocenters. The summed E-state index contributed by atoms with van der Waals surface area (Å²) in [6.45, 7) is 1.87. The molecule has 0 spiro atoms. The molecular formula is C8H16N2O4. The smallest absolute Gasteiger partial charge is 0.294 e. The Bertz CT molecular complexity index is 175. The summed E-state index contributed by atoms with van der Waals surface area (Å²) >= 11 is 0. The topological polar surface area (TPSA) is 81.8 Å². The second-order valence-electron chi connectivity index (χ2n) is 3.13. The van der Waals surface area contributed by atoms with Crippen LogP contribution in [0.15, 0.2) is 5.18 Å². The summed E-state index contributed by atoms with van der Waals surface area (Å²) in [5, 5.41) is 11.7. The Labute approximate surface area is 82.7 Å². The highest BCUT2D eigenvalue weighted by Crippen LogP contribution is 2.08. The summed E-state index contributed by atoms with van der Waals surface area (Å²) < 4.78 is 0. The molecule has 0 aromatic heterocycles. The zero-order valence-electron chi connectivity index (χ0n) is 8.35. The number of hydrogen-bond acceptors (Lipinski definition) is 5. The lowest BCUT2D eigenvalue weighted by atomic mass is 10.1. The molecule has 0 aliphatic rings. The first-order valence-electron chi connectivity index (χ1n) is 4.80. The van der Waals surface area contributed by atoms with Crippen LogP contribution in [0.2, 0.25) is 0 Å². The van der Waals surface area contributed by atoms with E-state index in [0.29, 0.717) is 6.42 Å². The largest absolute Gasteiger partial charge is 0.312 e. The Balaban J connectivity index is 3.47. The van der Waals surface area contributed by atoms with Crippen LogP contribution < -0.4 is 0 Å². The van der Waals surface area contributed by atoms with Gasteiger partial charge in [-0.1, -0.05) is 37.8 Å². The third-order valence-corrected chi connectivity index (χ3v) is 1.91. The third-order valence-electron chi connectivity index (χ3n) is 1.91. The van der Waals surface area contributed by atoms with Crippen LogP contribution in [0.4, 0.5) is 0 Å². The first-order chi connectivity index (χ1) is 6.70. The summed E-state index contributed by atoms with van der Waals surface area (Å²) in [5.41, 5.74) is 0. The van der Waals surface area contributed by atoms with Crippen molar-refractivity contribution in [2.45, 2.75) is 45.1 Å². The van der Waals surface area contributed by atoms with Crippen LogP contribution in [0.3, 0.4) is 0 Å². The molecule has 6 nitrogen and oxygen atoms in total. The van der Waals surface area contributed by atoms with E-state index in [1.165, 1.54) is 0 Å². The summed E-state index contributed by atoms with van der Waals surface area (Å²) in [6, 6.07) is -0.586. The Kier molecular flexibility index (Phi) is 7.68. The monoisotopic (exact) mass is 204 g/mol. The zero-order valence-corrected chi connectivity index (χ0v) is 8.35. The SMILES string of the molecule is CCCCCCC(CO[N+](=O)[O-])N=O. The lowest BCUT2D eigenvalue weighted by Gasteiger charge is -2.06. The van der Waals surface area contributed by atoms with Crippen molar-refractivity contribution in [2.24, 2.45) is 5.18 Å². The normalized spacial score (nSPS) is 12.1. The van der Waals surface area contributed by atoms with Crippen LogP contribution in [0.5, 0.6) is 0 Å². The molecule has 0 N–H and O–H groups in total. The molecule has 1 atom stereocenters. The van der Waals surface area contributed by atoms with Crippen molar-refractivity contribution in [1.82, 2.24) is 0 Å². The molecule has 82 valence electrons. The molecule has 0 saturated heterocycles. The average Bonchev–Trinajstić information content (AvgIpc) is 2.16. The minimum Gasteiger partial charge on any atom is -0.312 e. The van der Waals surface area contributed by atoms with Gasteiger partial charge in [-0.3, -0.25) is 0 Å². The number of unbranched alkanes of at least 4 members (excludes halogenated alkanes) is 3. The van der Waals surface area contributed by atoms with E-state index in [2.05, 4.69) is 16.9 Å². The third kappa shape index (κ3) is 7.45. The van der Waals surface area contributed by atoms with Gasteiger partial charge < -0.3 is 4.84 Å². The fourth-order valence-corrected chi connectivity index (χ4v) is 1.12. The molecular weight excluding hydrogens is 188 g/mol. The van der Waals surface area contributed by atoms with Gasteiger partial charge >= 0.3 is 0 Å². The Morgan fingerprint density at radius 2 is 2.14 bits per heavy atom. The molecule has 6 heteroatoms. The van der Waals surface area contributed by atoms with E-state index in [1.54, 1.807) is 0 Å². The molecule has 0 radical (unpaired) electrons. The highest BCUT2D eigenvalue weighted by Gasteiger charge is 2.10. The highest BCUT2D eigenvalue weighted by atomic mass is 16.9. The van der Waals surface area contributed by atoms with Gasteiger partial charge in [-0.15, -0.1) is 10.1 Å². The predicted octanol–water partition coefficient (Wildman–Crippen LogP) is 2.30. The van der Waals surface area contributed by atoms with Gasteiger partial charge in [-0.05, 0) is 6.42 Å². The number of nitrogens with zero attached hydrogens (tertiary/aromatic N) is 2. The summed E-state index contributed by atoms with van der Waals surface area (Å²) in [7, 11) is 0. The van der Waals surface area contributed by atoms with Gasteiger partial charge in [0.2, 0.25) is 0 Å². The van der Waals surface area contributed by atoms with Gasteiger partial charge in [0.15, 0.2) is 0 Å². The van der Waals surface area contributed by atoms with Crippen molar-refractivity contribution in [3.63, 3.8) is 0 Å². The van der Waals surface area contributed by atoms with E-state index in [1.807, 2.05) is 0 Å². The van der Waals surface area contributed by atoms with Crippen molar-refractivity contribution in [3.05, 3.63) is 15.0 Å². The first-order valence-corrected chi connectivity index (χ1v) is 4.80. The minimum absolute atomic E-state index is 0.220. The van der Waals surface area contributed by atoms with Gasteiger partial charge in [-0.25, -0.2) is 0 Å². The molecule has 0 bridgehead atoms. The lowest BCUT2D eigenvalue weighted by molar-refractivity contribution is -0.758. The van der Waals surface area contributed by atoms with Gasteiger partial charge in [-0.2, -0.15) is 4.91 Å². The van der Waals surface area contributed by atoms with E-state index in [0.717, 1.165) is 25.7 Å². The van der Waals surface area contributed by atoms with Gasteiger partial charge in [0, 0.05) is 0 Å². The maximum Gasteiger partial charge on any atom is 0.294 e. The summed E-state index contributed by atoms with van der Waals surface area (Å²) in [5.74, 6) is 0. The van der Waals surface area contributed by atoms with E-state index >= 15 is 0 Å². The molecule has 0 aromatic carbocycles. The maximum atomic E-state index is 10.2. The predicted molar refractivity (Wildman–Crippen MR) is 51.3 cm³/mol. The Morgan fingerprint density at radius 3 is 2.64 bits per heavy atom. The van der Waals surface area contributed by atoms with Crippen LogP contribution in [0, 0.1) is 15.0 Å². The summed E-state index contributed by atoms with van der Waals surface area (Å²) in [4.78, 5) is 24.1. The van der Waals surface area contributed by atoms with E-state index < -0.39 is 11.1 Å². The highest BCUT2D eigenvalue weighted by molar-refractivity contribution is 4.63. The molecule has 0 heterocycles. The Morgan fingerprint density at radius 1 is 1.43 bits per heavy atom. The molecule has 0 rings (SSSR count). The van der Waals surface area contributed by atoms with Gasteiger partial charge in [0.05, 0.1) is 0 Å². The molecule has 0 aromatic rings. The molecule has 0 fully saturated rings. The number of nitroso groups, excluding NO2 is 1. The van der Waals surface area contributed by atoms with Crippen molar-refractivity contribution in [3.8, 4) is 0 Å². The molecule has 14 heavy (non-hydrogen) atoms. The van der Waals surface area contributed by atoms with Crippen molar-refractivity contribution in [1.29, 1.82) is 0 Å². The fourth-order valence-electron chi connectivity index (χ4n) is 1.12. The van der Waals surface area contributed by atoms with Crippen molar-refractivity contribution >= 4 is 0 Å². The van der Waals surface area contributed by atoms with E-state index in [4.69, 9.17) is 0 Å². The Hall–Kier alpha value is -1.20. The van der Waals surface area contributed by atoms with Crippen LogP contribution in [-0.2, 0) is 4.84 Å². The quantitative estimate of drug-likeness (QED) is 0.250. The second kappa shape index (κ2) is 8.40.